The molecule has 0 spiro atoms. The van der Waals surface area contributed by atoms with Crippen LogP contribution in [-0.4, -0.2) is 22.0 Å². The highest BCUT2D eigenvalue weighted by atomic mass is 16.2. The molecular formula is C21H21N5O2. The van der Waals surface area contributed by atoms with Crippen LogP contribution in [0.3, 0.4) is 0 Å². The molecular weight excluding hydrogens is 354 g/mol. The van der Waals surface area contributed by atoms with Crippen molar-refractivity contribution in [1.82, 2.24) is 10.2 Å². The second-order valence-electron chi connectivity index (χ2n) is 6.52. The molecule has 0 aliphatic heterocycles. The number of aryl methyl sites for hydroxylation is 2. The summed E-state index contributed by atoms with van der Waals surface area (Å²) in [5.74, 6) is 0.0696. The number of rotatable bonds is 5. The van der Waals surface area contributed by atoms with Crippen LogP contribution < -0.4 is 16.0 Å². The SMILES string of the molecule is CC(=O)Nc1ccc(Nc2ccc(C(=O)Nc3cc(C)cc(C)c3)nn2)cc1. The Kier molecular flexibility index (Phi) is 5.64. The first kappa shape index (κ1) is 19.0. The van der Waals surface area contributed by atoms with Crippen LogP contribution in [0.25, 0.3) is 0 Å². The summed E-state index contributed by atoms with van der Waals surface area (Å²) in [5, 5.41) is 16.7. The number of carbonyl (C=O) groups is 2. The molecule has 3 rings (SSSR count). The van der Waals surface area contributed by atoms with E-state index in [0.717, 1.165) is 22.5 Å². The molecule has 142 valence electrons. The van der Waals surface area contributed by atoms with E-state index in [2.05, 4.69) is 26.1 Å². The maximum absolute atomic E-state index is 12.4. The number of amides is 2. The second-order valence-corrected chi connectivity index (χ2v) is 6.52. The third-order valence-electron chi connectivity index (χ3n) is 3.85. The molecule has 3 N–H and O–H groups in total. The maximum atomic E-state index is 12.4. The zero-order valence-electron chi connectivity index (χ0n) is 15.9. The van der Waals surface area contributed by atoms with E-state index >= 15 is 0 Å². The van der Waals surface area contributed by atoms with Gasteiger partial charge in [0, 0.05) is 24.0 Å². The number of hydrogen-bond donors (Lipinski definition) is 3. The molecule has 0 aliphatic rings. The second kappa shape index (κ2) is 8.30. The molecule has 0 atom stereocenters. The molecule has 0 saturated carbocycles. The number of benzene rings is 2. The maximum Gasteiger partial charge on any atom is 0.276 e. The zero-order valence-corrected chi connectivity index (χ0v) is 15.9. The summed E-state index contributed by atoms with van der Waals surface area (Å²) in [6.07, 6.45) is 0. The topological polar surface area (TPSA) is 96.0 Å². The number of nitrogens with one attached hydrogen (secondary N) is 3. The predicted molar refractivity (Wildman–Crippen MR) is 110 cm³/mol. The summed E-state index contributed by atoms with van der Waals surface area (Å²) < 4.78 is 0. The average molecular weight is 375 g/mol. The quantitative estimate of drug-likeness (QED) is 0.625. The molecule has 0 bridgehead atoms. The van der Waals surface area contributed by atoms with E-state index in [-0.39, 0.29) is 17.5 Å². The van der Waals surface area contributed by atoms with E-state index < -0.39 is 0 Å². The largest absolute Gasteiger partial charge is 0.339 e. The first-order chi connectivity index (χ1) is 13.4. The Morgan fingerprint density at radius 1 is 0.750 bits per heavy atom. The van der Waals surface area contributed by atoms with Crippen molar-refractivity contribution in [2.24, 2.45) is 0 Å². The number of anilines is 4. The van der Waals surface area contributed by atoms with Gasteiger partial charge in [0.05, 0.1) is 0 Å². The first-order valence-electron chi connectivity index (χ1n) is 8.77. The Balaban J connectivity index is 1.64. The van der Waals surface area contributed by atoms with Crippen molar-refractivity contribution in [2.75, 3.05) is 16.0 Å². The summed E-state index contributed by atoms with van der Waals surface area (Å²) in [7, 11) is 0. The van der Waals surface area contributed by atoms with Crippen LogP contribution in [0.4, 0.5) is 22.9 Å². The third-order valence-corrected chi connectivity index (χ3v) is 3.85. The van der Waals surface area contributed by atoms with E-state index in [4.69, 9.17) is 0 Å². The fourth-order valence-electron chi connectivity index (χ4n) is 2.75. The molecule has 2 aromatic carbocycles. The standard InChI is InChI=1S/C21H21N5O2/c1-13-10-14(2)12-18(11-13)24-21(28)19-8-9-20(26-25-19)23-17-6-4-16(5-7-17)22-15(3)27/h4-12H,1-3H3,(H,22,27)(H,23,26)(H,24,28). The Labute approximate surface area is 163 Å². The molecule has 0 fully saturated rings. The van der Waals surface area contributed by atoms with Gasteiger partial charge in [0.2, 0.25) is 5.91 Å². The van der Waals surface area contributed by atoms with Crippen molar-refractivity contribution in [2.45, 2.75) is 20.8 Å². The monoisotopic (exact) mass is 375 g/mol. The Morgan fingerprint density at radius 3 is 1.96 bits per heavy atom. The van der Waals surface area contributed by atoms with Crippen LogP contribution in [-0.2, 0) is 4.79 Å². The van der Waals surface area contributed by atoms with Gasteiger partial charge in [-0.3, -0.25) is 9.59 Å². The van der Waals surface area contributed by atoms with Crippen LogP contribution in [0.2, 0.25) is 0 Å². The minimum absolute atomic E-state index is 0.124. The van der Waals surface area contributed by atoms with Gasteiger partial charge in [-0.1, -0.05) is 6.07 Å². The molecule has 3 aromatic rings. The zero-order chi connectivity index (χ0) is 20.1. The molecule has 28 heavy (non-hydrogen) atoms. The van der Waals surface area contributed by atoms with Gasteiger partial charge in [0.25, 0.3) is 5.91 Å². The summed E-state index contributed by atoms with van der Waals surface area (Å²) >= 11 is 0. The van der Waals surface area contributed by atoms with Crippen molar-refractivity contribution >= 4 is 34.7 Å². The number of aromatic nitrogens is 2. The highest BCUT2D eigenvalue weighted by Crippen LogP contribution is 2.18. The average Bonchev–Trinajstić information content (AvgIpc) is 2.62. The molecule has 0 aliphatic carbocycles. The lowest BCUT2D eigenvalue weighted by Crippen LogP contribution is -2.14. The molecule has 7 heteroatoms. The van der Waals surface area contributed by atoms with Crippen molar-refractivity contribution in [3.05, 3.63) is 71.4 Å². The van der Waals surface area contributed by atoms with E-state index in [1.165, 1.54) is 6.92 Å². The van der Waals surface area contributed by atoms with Gasteiger partial charge in [-0.25, -0.2) is 0 Å². The molecule has 1 aromatic heterocycles. The first-order valence-corrected chi connectivity index (χ1v) is 8.77. The van der Waals surface area contributed by atoms with Crippen molar-refractivity contribution < 1.29 is 9.59 Å². The van der Waals surface area contributed by atoms with Gasteiger partial charge in [-0.05, 0) is 73.5 Å². The van der Waals surface area contributed by atoms with E-state index in [0.29, 0.717) is 11.5 Å². The number of hydrogen-bond acceptors (Lipinski definition) is 5. The Morgan fingerprint density at radius 2 is 1.39 bits per heavy atom. The van der Waals surface area contributed by atoms with Crippen molar-refractivity contribution in [3.63, 3.8) is 0 Å². The minimum Gasteiger partial charge on any atom is -0.339 e. The van der Waals surface area contributed by atoms with Gasteiger partial charge in [-0.2, -0.15) is 0 Å². The summed E-state index contributed by atoms with van der Waals surface area (Å²) in [4.78, 5) is 23.4. The van der Waals surface area contributed by atoms with Crippen LogP contribution in [0.15, 0.2) is 54.6 Å². The summed E-state index contributed by atoms with van der Waals surface area (Å²) in [6.45, 7) is 5.41. The van der Waals surface area contributed by atoms with Gasteiger partial charge < -0.3 is 16.0 Å². The number of carbonyl (C=O) groups excluding carboxylic acids is 2. The molecule has 2 amide bonds. The third kappa shape index (κ3) is 5.14. The van der Waals surface area contributed by atoms with E-state index in [1.807, 2.05) is 44.2 Å². The normalized spacial score (nSPS) is 10.2. The highest BCUT2D eigenvalue weighted by molar-refractivity contribution is 6.02. The van der Waals surface area contributed by atoms with Gasteiger partial charge in [-0.15, -0.1) is 10.2 Å². The van der Waals surface area contributed by atoms with Crippen LogP contribution >= 0.6 is 0 Å². The fraction of sp³-hybridized carbons (Fsp3) is 0.143. The number of nitrogens with zero attached hydrogens (tertiary/aromatic N) is 2. The van der Waals surface area contributed by atoms with E-state index in [9.17, 15) is 9.59 Å². The lowest BCUT2D eigenvalue weighted by atomic mass is 10.1. The van der Waals surface area contributed by atoms with Gasteiger partial charge in [0.15, 0.2) is 11.5 Å². The lowest BCUT2D eigenvalue weighted by molar-refractivity contribution is -0.114. The molecule has 0 unspecified atom stereocenters. The summed E-state index contributed by atoms with van der Waals surface area (Å²) in [6, 6.07) is 16.3. The smallest absolute Gasteiger partial charge is 0.276 e. The Hall–Kier alpha value is -3.74. The molecule has 7 nitrogen and oxygen atoms in total. The van der Waals surface area contributed by atoms with Gasteiger partial charge >= 0.3 is 0 Å². The molecule has 0 radical (unpaired) electrons. The fourth-order valence-corrected chi connectivity index (χ4v) is 2.75. The minimum atomic E-state index is -0.316. The van der Waals surface area contributed by atoms with Crippen LogP contribution in [0, 0.1) is 13.8 Å². The summed E-state index contributed by atoms with van der Waals surface area (Å²) in [5.41, 5.74) is 4.60. The Bertz CT molecular complexity index is 978. The van der Waals surface area contributed by atoms with Crippen molar-refractivity contribution in [1.29, 1.82) is 0 Å². The highest BCUT2D eigenvalue weighted by Gasteiger charge is 2.09. The molecule has 1 heterocycles. The van der Waals surface area contributed by atoms with E-state index in [1.54, 1.807) is 24.3 Å². The molecule has 0 saturated heterocycles. The lowest BCUT2D eigenvalue weighted by Gasteiger charge is -2.08. The van der Waals surface area contributed by atoms with Crippen molar-refractivity contribution in [3.8, 4) is 0 Å². The van der Waals surface area contributed by atoms with Crippen LogP contribution in [0.1, 0.15) is 28.5 Å². The van der Waals surface area contributed by atoms with Crippen LogP contribution in [0.5, 0.6) is 0 Å². The van der Waals surface area contributed by atoms with Gasteiger partial charge in [0.1, 0.15) is 0 Å². The predicted octanol–water partition coefficient (Wildman–Crippen LogP) is 4.05.